The average Bonchev–Trinajstić information content (AvgIpc) is 3.08. The predicted octanol–water partition coefficient (Wildman–Crippen LogP) is 6.25. The maximum absolute atomic E-state index is 9.36. The highest BCUT2D eigenvalue weighted by molar-refractivity contribution is 4.85. The quantitative estimate of drug-likeness (QED) is 0.167. The van der Waals surface area contributed by atoms with Crippen LogP contribution in [0.3, 0.4) is 0 Å². The lowest BCUT2D eigenvalue weighted by atomic mass is 10.1. The Morgan fingerprint density at radius 3 is 2.04 bits per heavy atom. The van der Waals surface area contributed by atoms with Gasteiger partial charge < -0.3 is 10.4 Å². The number of unbranched alkanes of at least 4 members (excludes halogenated alkanes) is 11. The van der Waals surface area contributed by atoms with Crippen molar-refractivity contribution in [1.82, 2.24) is 5.32 Å². The Bertz CT molecular complexity index is 394. The van der Waals surface area contributed by atoms with Gasteiger partial charge in [0.2, 0.25) is 0 Å². The monoisotopic (exact) mass is 379 g/mol. The Balaban J connectivity index is 1.93. The largest absolute Gasteiger partial charge is 0.390 e. The van der Waals surface area contributed by atoms with E-state index in [1.54, 1.807) is 0 Å². The normalized spacial score (nSPS) is 22.0. The van der Waals surface area contributed by atoms with Crippen molar-refractivity contribution in [2.75, 3.05) is 19.7 Å². The van der Waals surface area contributed by atoms with Crippen LogP contribution in [-0.2, 0) is 0 Å². The minimum absolute atomic E-state index is 0.262. The summed E-state index contributed by atoms with van der Waals surface area (Å²) in [5.41, 5.74) is 0. The van der Waals surface area contributed by atoms with Crippen molar-refractivity contribution >= 4 is 0 Å². The number of quaternary nitrogens is 1. The third-order valence-corrected chi connectivity index (χ3v) is 6.13. The summed E-state index contributed by atoms with van der Waals surface area (Å²) < 4.78 is 0.894. The van der Waals surface area contributed by atoms with Gasteiger partial charge in [-0.1, -0.05) is 70.4 Å². The molecule has 1 aliphatic rings. The number of rotatable bonds is 18. The molecule has 2 N–H and O–H groups in total. The molecule has 0 aromatic carbocycles. The summed E-state index contributed by atoms with van der Waals surface area (Å²) in [4.78, 5) is 0. The van der Waals surface area contributed by atoms with Crippen LogP contribution in [-0.4, -0.2) is 35.5 Å². The smallest absolute Gasteiger partial charge is 0.166 e. The van der Waals surface area contributed by atoms with E-state index in [-0.39, 0.29) is 6.61 Å². The highest BCUT2D eigenvalue weighted by Gasteiger charge is 2.35. The first-order valence-electron chi connectivity index (χ1n) is 11.8. The zero-order chi connectivity index (χ0) is 19.6. The summed E-state index contributed by atoms with van der Waals surface area (Å²) in [5.74, 6) is 0. The molecular weight excluding hydrogens is 332 g/mol. The van der Waals surface area contributed by atoms with Gasteiger partial charge in [-0.15, -0.1) is 0 Å². The highest BCUT2D eigenvalue weighted by atomic mass is 16.3. The van der Waals surface area contributed by atoms with Gasteiger partial charge in [0.15, 0.2) is 6.17 Å². The molecule has 3 nitrogen and oxygen atoms in total. The van der Waals surface area contributed by atoms with Crippen molar-refractivity contribution in [2.24, 2.45) is 0 Å². The summed E-state index contributed by atoms with van der Waals surface area (Å²) in [6, 6.07) is 0. The molecule has 0 fully saturated rings. The van der Waals surface area contributed by atoms with Crippen LogP contribution in [0.5, 0.6) is 0 Å². The first-order valence-corrected chi connectivity index (χ1v) is 11.8. The van der Waals surface area contributed by atoms with Gasteiger partial charge in [-0.05, 0) is 39.0 Å². The lowest BCUT2D eigenvalue weighted by Gasteiger charge is -2.36. The SMILES string of the molecule is CCCCCCCCCCC/C=C/CCCCC1NC=C[N+]1(CC)CCO. The predicted molar refractivity (Wildman–Crippen MR) is 118 cm³/mol. The molecule has 0 radical (unpaired) electrons. The van der Waals surface area contributed by atoms with Crippen LogP contribution in [0.1, 0.15) is 104 Å². The second kappa shape index (κ2) is 16.2. The van der Waals surface area contributed by atoms with E-state index in [1.165, 1.54) is 89.9 Å². The summed E-state index contributed by atoms with van der Waals surface area (Å²) in [6.45, 7) is 6.64. The molecule has 0 spiro atoms. The molecular formula is C24H47N2O+. The molecule has 0 saturated heterocycles. The van der Waals surface area contributed by atoms with Crippen molar-refractivity contribution in [2.45, 2.75) is 110 Å². The van der Waals surface area contributed by atoms with Crippen molar-refractivity contribution in [1.29, 1.82) is 0 Å². The summed E-state index contributed by atoms with van der Waals surface area (Å²) in [5, 5.41) is 12.9. The number of aliphatic hydroxyl groups excluding tert-OH is 1. The fourth-order valence-electron chi connectivity index (χ4n) is 4.20. The lowest BCUT2D eigenvalue weighted by molar-refractivity contribution is -0.900. The number of hydrogen-bond acceptors (Lipinski definition) is 2. The minimum atomic E-state index is 0.262. The first-order chi connectivity index (χ1) is 13.3. The molecule has 2 atom stereocenters. The number of aliphatic hydroxyl groups is 1. The fourth-order valence-corrected chi connectivity index (χ4v) is 4.20. The molecule has 0 saturated carbocycles. The Morgan fingerprint density at radius 1 is 0.852 bits per heavy atom. The van der Waals surface area contributed by atoms with Crippen molar-refractivity contribution in [3.05, 3.63) is 24.6 Å². The van der Waals surface area contributed by atoms with Gasteiger partial charge in [0.05, 0.1) is 19.4 Å². The average molecular weight is 380 g/mol. The van der Waals surface area contributed by atoms with Crippen LogP contribution in [0.25, 0.3) is 0 Å². The van der Waals surface area contributed by atoms with E-state index in [1.807, 2.05) is 0 Å². The molecule has 2 unspecified atom stereocenters. The van der Waals surface area contributed by atoms with Crippen LogP contribution < -0.4 is 5.32 Å². The Morgan fingerprint density at radius 2 is 1.44 bits per heavy atom. The van der Waals surface area contributed by atoms with Crippen LogP contribution in [0.2, 0.25) is 0 Å². The summed E-state index contributed by atoms with van der Waals surface area (Å²) >= 11 is 0. The van der Waals surface area contributed by atoms with Gasteiger partial charge in [0, 0.05) is 6.42 Å². The van der Waals surface area contributed by atoms with E-state index < -0.39 is 0 Å². The second-order valence-electron chi connectivity index (χ2n) is 8.24. The summed E-state index contributed by atoms with van der Waals surface area (Å²) in [6.07, 6.45) is 28.5. The standard InChI is InChI=1S/C24H47N2O/c1-3-5-6-7-8-9-10-11-12-13-14-15-16-17-18-19-24-25-20-21-26(24,4-2)22-23-27/h14-15,20-21,24-25,27H,3-13,16-19,22-23H2,1-2H3/q+1/b15-14+. The van der Waals surface area contributed by atoms with Crippen molar-refractivity contribution in [3.8, 4) is 0 Å². The molecule has 0 aliphatic carbocycles. The molecule has 0 aromatic rings. The zero-order valence-electron chi connectivity index (χ0n) is 18.3. The Kier molecular flexibility index (Phi) is 14.5. The van der Waals surface area contributed by atoms with Crippen LogP contribution >= 0.6 is 0 Å². The van der Waals surface area contributed by atoms with E-state index in [9.17, 15) is 5.11 Å². The topological polar surface area (TPSA) is 32.3 Å². The van der Waals surface area contributed by atoms with Crippen molar-refractivity contribution < 1.29 is 9.59 Å². The number of likely N-dealkylation sites (N-methyl/N-ethyl adjacent to an activating group) is 1. The Labute approximate surface area is 169 Å². The van der Waals surface area contributed by atoms with E-state index in [0.717, 1.165) is 17.6 Å². The third-order valence-electron chi connectivity index (χ3n) is 6.13. The van der Waals surface area contributed by atoms with Gasteiger partial charge in [-0.25, -0.2) is 0 Å². The van der Waals surface area contributed by atoms with Gasteiger partial charge in [0.25, 0.3) is 0 Å². The maximum Gasteiger partial charge on any atom is 0.166 e. The lowest BCUT2D eigenvalue weighted by Crippen LogP contribution is -2.54. The van der Waals surface area contributed by atoms with Gasteiger partial charge in [-0.2, -0.15) is 0 Å². The molecule has 1 heterocycles. The molecule has 1 rings (SSSR count). The van der Waals surface area contributed by atoms with E-state index in [2.05, 4.69) is 43.7 Å². The summed E-state index contributed by atoms with van der Waals surface area (Å²) in [7, 11) is 0. The maximum atomic E-state index is 9.36. The fraction of sp³-hybridized carbons (Fsp3) is 0.833. The van der Waals surface area contributed by atoms with Crippen LogP contribution in [0, 0.1) is 0 Å². The highest BCUT2D eigenvalue weighted by Crippen LogP contribution is 2.22. The van der Waals surface area contributed by atoms with E-state index >= 15 is 0 Å². The van der Waals surface area contributed by atoms with Crippen LogP contribution in [0.4, 0.5) is 0 Å². The number of nitrogens with one attached hydrogen (secondary N) is 1. The van der Waals surface area contributed by atoms with Gasteiger partial charge in [-0.3, -0.25) is 4.48 Å². The molecule has 3 heteroatoms. The molecule has 27 heavy (non-hydrogen) atoms. The number of allylic oxidation sites excluding steroid dienone is 2. The van der Waals surface area contributed by atoms with Crippen molar-refractivity contribution in [3.63, 3.8) is 0 Å². The molecule has 0 bridgehead atoms. The second-order valence-corrected chi connectivity index (χ2v) is 8.24. The zero-order valence-corrected chi connectivity index (χ0v) is 18.3. The minimum Gasteiger partial charge on any atom is -0.390 e. The number of hydrogen-bond donors (Lipinski definition) is 2. The van der Waals surface area contributed by atoms with E-state index in [4.69, 9.17) is 0 Å². The molecule has 158 valence electrons. The first kappa shape index (κ1) is 24.2. The third kappa shape index (κ3) is 10.4. The van der Waals surface area contributed by atoms with Crippen LogP contribution in [0.15, 0.2) is 24.6 Å². The molecule has 1 aliphatic heterocycles. The van der Waals surface area contributed by atoms with E-state index in [0.29, 0.717) is 6.17 Å². The van der Waals surface area contributed by atoms with Gasteiger partial charge >= 0.3 is 0 Å². The molecule has 0 aromatic heterocycles. The molecule has 0 amide bonds. The van der Waals surface area contributed by atoms with Gasteiger partial charge in [0.1, 0.15) is 12.7 Å². The Hall–Kier alpha value is -0.800. The number of nitrogens with zero attached hydrogens (tertiary/aromatic N) is 1.